The van der Waals surface area contributed by atoms with Crippen LogP contribution in [0.1, 0.15) is 37.7 Å². The lowest BCUT2D eigenvalue weighted by Gasteiger charge is -2.45. The molecule has 1 spiro atoms. The molecule has 1 amide bonds. The van der Waals surface area contributed by atoms with Gasteiger partial charge in [-0.3, -0.25) is 9.79 Å². The number of amides is 1. The minimum Gasteiger partial charge on any atom is -0.369 e. The van der Waals surface area contributed by atoms with Gasteiger partial charge in [-0.15, -0.1) is 0 Å². The smallest absolute Gasteiger partial charge is 0.222 e. The van der Waals surface area contributed by atoms with E-state index in [1.54, 1.807) is 19.2 Å². The zero-order valence-electron chi connectivity index (χ0n) is 16.6. The van der Waals surface area contributed by atoms with Gasteiger partial charge < -0.3 is 16.0 Å². The summed E-state index contributed by atoms with van der Waals surface area (Å²) >= 11 is 2.12. The van der Waals surface area contributed by atoms with Crippen molar-refractivity contribution in [2.45, 2.75) is 43.3 Å². The van der Waals surface area contributed by atoms with Crippen molar-refractivity contribution in [2.24, 2.45) is 16.6 Å². The molecule has 0 aromatic heterocycles. The molecule has 1 saturated carbocycles. The first kappa shape index (κ1) is 21.0. The van der Waals surface area contributed by atoms with Gasteiger partial charge in [0.1, 0.15) is 5.82 Å². The first-order valence-electron chi connectivity index (χ1n) is 10.1. The van der Waals surface area contributed by atoms with Gasteiger partial charge in [0, 0.05) is 37.2 Å². The summed E-state index contributed by atoms with van der Waals surface area (Å²) in [5.41, 5.74) is 6.52. The van der Waals surface area contributed by atoms with Crippen LogP contribution in [0.4, 0.5) is 4.39 Å². The number of halogens is 1. The summed E-state index contributed by atoms with van der Waals surface area (Å²) in [5.74, 6) is 0.943. The van der Waals surface area contributed by atoms with E-state index in [2.05, 4.69) is 27.0 Å². The molecule has 0 bridgehead atoms. The highest BCUT2D eigenvalue weighted by molar-refractivity contribution is 8.00. The normalized spacial score (nSPS) is 20.8. The lowest BCUT2D eigenvalue weighted by Crippen LogP contribution is -2.54. The number of aliphatic imine (C=N–C) groups is 1. The predicted octanol–water partition coefficient (Wildman–Crippen LogP) is 2.80. The summed E-state index contributed by atoms with van der Waals surface area (Å²) in [6.07, 6.45) is 7.01. The second-order valence-electron chi connectivity index (χ2n) is 7.87. The van der Waals surface area contributed by atoms with Crippen molar-refractivity contribution < 1.29 is 9.18 Å². The Morgan fingerprint density at radius 1 is 1.32 bits per heavy atom. The maximum Gasteiger partial charge on any atom is 0.222 e. The third-order valence-corrected chi connectivity index (χ3v) is 7.37. The van der Waals surface area contributed by atoms with E-state index in [4.69, 9.17) is 5.73 Å². The lowest BCUT2D eigenvalue weighted by atomic mass is 9.87. The van der Waals surface area contributed by atoms with E-state index in [1.807, 2.05) is 0 Å². The van der Waals surface area contributed by atoms with Gasteiger partial charge in [-0.1, -0.05) is 31.4 Å². The zero-order valence-corrected chi connectivity index (χ0v) is 17.4. The molecular formula is C21H31FN4OS. The minimum absolute atomic E-state index is 0.280. The number of nitrogens with one attached hydrogen (secondary N) is 1. The summed E-state index contributed by atoms with van der Waals surface area (Å²) in [6.45, 7) is 2.40. The summed E-state index contributed by atoms with van der Waals surface area (Å²) in [4.78, 5) is 18.7. The third kappa shape index (κ3) is 5.40. The Morgan fingerprint density at radius 3 is 2.68 bits per heavy atom. The van der Waals surface area contributed by atoms with Crippen LogP contribution in [0, 0.1) is 11.7 Å². The number of carbonyl (C=O) groups excluding carboxylic acids is 1. The molecular weight excluding hydrogens is 375 g/mol. The van der Waals surface area contributed by atoms with E-state index in [0.717, 1.165) is 30.4 Å². The van der Waals surface area contributed by atoms with Crippen LogP contribution in [0.3, 0.4) is 0 Å². The highest BCUT2D eigenvalue weighted by atomic mass is 32.2. The fourth-order valence-electron chi connectivity index (χ4n) is 4.25. The number of primary amides is 1. The van der Waals surface area contributed by atoms with Gasteiger partial charge in [-0.05, 0) is 37.0 Å². The number of hydrogen-bond donors (Lipinski definition) is 2. The molecule has 1 aromatic rings. The highest BCUT2D eigenvalue weighted by Crippen LogP contribution is 2.42. The van der Waals surface area contributed by atoms with Crippen molar-refractivity contribution in [1.82, 2.24) is 10.2 Å². The van der Waals surface area contributed by atoms with Crippen molar-refractivity contribution in [1.29, 1.82) is 0 Å². The van der Waals surface area contributed by atoms with Crippen LogP contribution in [-0.4, -0.2) is 53.9 Å². The topological polar surface area (TPSA) is 70.7 Å². The Hall–Kier alpha value is -1.76. The van der Waals surface area contributed by atoms with Gasteiger partial charge in [0.15, 0.2) is 5.96 Å². The summed E-state index contributed by atoms with van der Waals surface area (Å²) in [6, 6.07) is 6.23. The first-order valence-corrected chi connectivity index (χ1v) is 11.1. The van der Waals surface area contributed by atoms with Crippen LogP contribution in [-0.2, 0) is 11.2 Å². The summed E-state index contributed by atoms with van der Waals surface area (Å²) in [5, 5.41) is 3.37. The van der Waals surface area contributed by atoms with Crippen LogP contribution in [0.15, 0.2) is 29.3 Å². The van der Waals surface area contributed by atoms with Gasteiger partial charge in [-0.25, -0.2) is 4.39 Å². The van der Waals surface area contributed by atoms with Gasteiger partial charge >= 0.3 is 0 Å². The second-order valence-corrected chi connectivity index (χ2v) is 9.43. The average molecular weight is 407 g/mol. The molecule has 2 fully saturated rings. The van der Waals surface area contributed by atoms with Gasteiger partial charge in [-0.2, -0.15) is 11.8 Å². The van der Waals surface area contributed by atoms with Crippen LogP contribution in [0.5, 0.6) is 0 Å². The average Bonchev–Trinajstić information content (AvgIpc) is 2.69. The van der Waals surface area contributed by atoms with Crippen molar-refractivity contribution >= 4 is 23.6 Å². The van der Waals surface area contributed by atoms with Crippen LogP contribution < -0.4 is 11.1 Å². The molecule has 5 nitrogen and oxygen atoms in total. The number of benzene rings is 1. The maximum absolute atomic E-state index is 13.1. The van der Waals surface area contributed by atoms with E-state index in [-0.39, 0.29) is 17.6 Å². The number of nitrogens with two attached hydrogens (primary N) is 1. The summed E-state index contributed by atoms with van der Waals surface area (Å²) in [7, 11) is 1.79. The van der Waals surface area contributed by atoms with Gasteiger partial charge in [0.05, 0.1) is 5.92 Å². The van der Waals surface area contributed by atoms with Gasteiger partial charge in [0.2, 0.25) is 5.91 Å². The fourth-order valence-corrected chi connectivity index (χ4v) is 5.82. The minimum atomic E-state index is -0.370. The molecule has 3 rings (SSSR count). The molecule has 3 N–H and O–H groups in total. The van der Waals surface area contributed by atoms with E-state index in [9.17, 15) is 9.18 Å². The second kappa shape index (κ2) is 9.63. The third-order valence-electron chi connectivity index (χ3n) is 5.83. The Kier molecular flexibility index (Phi) is 7.21. The first-order chi connectivity index (χ1) is 13.5. The highest BCUT2D eigenvalue weighted by Gasteiger charge is 2.38. The molecule has 2 aliphatic rings. The Labute approximate surface area is 171 Å². The van der Waals surface area contributed by atoms with Crippen molar-refractivity contribution in [2.75, 3.05) is 32.4 Å². The Bertz CT molecular complexity index is 683. The number of hydrogen-bond acceptors (Lipinski definition) is 3. The molecule has 1 saturated heterocycles. The number of thioether (sulfide) groups is 1. The lowest BCUT2D eigenvalue weighted by molar-refractivity contribution is -0.121. The van der Waals surface area contributed by atoms with Crippen LogP contribution in [0.2, 0.25) is 0 Å². The van der Waals surface area contributed by atoms with Crippen LogP contribution >= 0.6 is 11.8 Å². The summed E-state index contributed by atoms with van der Waals surface area (Å²) < 4.78 is 13.5. The predicted molar refractivity (Wildman–Crippen MR) is 114 cm³/mol. The number of rotatable bonds is 5. The molecule has 154 valence electrons. The molecule has 1 aliphatic heterocycles. The van der Waals surface area contributed by atoms with Crippen LogP contribution in [0.25, 0.3) is 0 Å². The largest absolute Gasteiger partial charge is 0.369 e. The number of guanidine groups is 1. The Morgan fingerprint density at radius 2 is 2.04 bits per heavy atom. The molecule has 0 radical (unpaired) electrons. The van der Waals surface area contributed by atoms with Gasteiger partial charge in [0.25, 0.3) is 0 Å². The van der Waals surface area contributed by atoms with Crippen molar-refractivity contribution in [3.8, 4) is 0 Å². The maximum atomic E-state index is 13.1. The van der Waals surface area contributed by atoms with E-state index in [1.165, 1.54) is 44.2 Å². The quantitative estimate of drug-likeness (QED) is 0.583. The molecule has 1 atom stereocenters. The molecule has 7 heteroatoms. The molecule has 1 heterocycles. The van der Waals surface area contributed by atoms with Crippen molar-refractivity contribution in [3.05, 3.63) is 35.6 Å². The SMILES string of the molecule is CN=C(NCC(Cc1ccc(F)cc1)C(N)=O)N1CCSC2(CCCCC2)C1. The standard InChI is InChI=1S/C21H31FN4OS/c1-24-20(26-11-12-28-21(15-26)9-3-2-4-10-21)25-14-17(19(23)27)13-16-5-7-18(22)8-6-16/h5-8,17H,2-4,9-15H2,1H3,(H2,23,27)(H,24,25). The molecule has 1 unspecified atom stereocenters. The van der Waals surface area contributed by atoms with Crippen molar-refractivity contribution in [3.63, 3.8) is 0 Å². The van der Waals surface area contributed by atoms with E-state index >= 15 is 0 Å². The Balaban J connectivity index is 1.59. The van der Waals surface area contributed by atoms with E-state index < -0.39 is 0 Å². The monoisotopic (exact) mass is 406 g/mol. The number of nitrogens with zero attached hydrogens (tertiary/aromatic N) is 2. The fraction of sp³-hybridized carbons (Fsp3) is 0.619. The number of carbonyl (C=O) groups is 1. The molecule has 1 aromatic carbocycles. The molecule has 1 aliphatic carbocycles. The van der Waals surface area contributed by atoms with E-state index in [0.29, 0.717) is 17.7 Å². The zero-order chi connectivity index (χ0) is 20.0. The molecule has 28 heavy (non-hydrogen) atoms.